The van der Waals surface area contributed by atoms with Crippen molar-refractivity contribution in [3.05, 3.63) is 46.7 Å². The Bertz CT molecular complexity index is 1010. The number of hydrogen-bond acceptors (Lipinski definition) is 7. The van der Waals surface area contributed by atoms with Gasteiger partial charge in [-0.05, 0) is 49.8 Å². The molecule has 30 heavy (non-hydrogen) atoms. The number of nitrogens with one attached hydrogen (secondary N) is 1. The second-order valence-electron chi connectivity index (χ2n) is 8.22. The molecule has 1 saturated heterocycles. The van der Waals surface area contributed by atoms with E-state index in [4.69, 9.17) is 15.5 Å². The number of anilines is 3. The van der Waals surface area contributed by atoms with Gasteiger partial charge in [-0.15, -0.1) is 0 Å². The van der Waals surface area contributed by atoms with Crippen molar-refractivity contribution in [2.75, 3.05) is 36.1 Å². The van der Waals surface area contributed by atoms with Crippen molar-refractivity contribution < 1.29 is 9.53 Å². The third-order valence-corrected chi connectivity index (χ3v) is 6.35. The maximum absolute atomic E-state index is 13.0. The standard InChI is InChI=1S/C23H27N5O2/c1-30-15-10-8-14(9-11-15)18-19-16(6-5-7-17(19)29)25-22-20(18)21(24)26-23(27-22)28-12-3-2-4-13-28/h8-11,18H,2-7,12-13H2,1H3,(H3,24,25,26,27). The van der Waals surface area contributed by atoms with Gasteiger partial charge < -0.3 is 20.7 Å². The molecule has 1 aromatic heterocycles. The normalized spacial score (nSPS) is 21.0. The minimum Gasteiger partial charge on any atom is -0.497 e. The van der Waals surface area contributed by atoms with E-state index >= 15 is 0 Å². The molecule has 7 nitrogen and oxygen atoms in total. The zero-order valence-electron chi connectivity index (χ0n) is 17.3. The van der Waals surface area contributed by atoms with Crippen molar-refractivity contribution in [3.8, 4) is 5.75 Å². The van der Waals surface area contributed by atoms with Gasteiger partial charge in [0.25, 0.3) is 0 Å². The number of carbonyl (C=O) groups is 1. The van der Waals surface area contributed by atoms with Gasteiger partial charge in [-0.2, -0.15) is 9.97 Å². The number of fused-ring (bicyclic) bond motifs is 1. The lowest BCUT2D eigenvalue weighted by Gasteiger charge is -2.35. The van der Waals surface area contributed by atoms with Crippen LogP contribution in [0, 0.1) is 0 Å². The van der Waals surface area contributed by atoms with Crippen LogP contribution in [0.2, 0.25) is 0 Å². The first-order chi connectivity index (χ1) is 14.7. The van der Waals surface area contributed by atoms with Gasteiger partial charge >= 0.3 is 0 Å². The molecule has 3 N–H and O–H groups in total. The summed E-state index contributed by atoms with van der Waals surface area (Å²) >= 11 is 0. The van der Waals surface area contributed by atoms with E-state index in [0.717, 1.165) is 72.7 Å². The molecule has 156 valence electrons. The lowest BCUT2D eigenvalue weighted by molar-refractivity contribution is -0.116. The summed E-state index contributed by atoms with van der Waals surface area (Å²) < 4.78 is 5.31. The molecule has 2 aliphatic heterocycles. The summed E-state index contributed by atoms with van der Waals surface area (Å²) in [6.07, 6.45) is 5.80. The SMILES string of the molecule is COc1ccc(C2C3=C(CCCC3=O)Nc3nc(N4CCCCC4)nc(N)c32)cc1. The molecule has 0 amide bonds. The molecule has 5 rings (SSSR count). The number of nitrogens with two attached hydrogens (primary N) is 1. The number of carbonyl (C=O) groups excluding carboxylic acids is 1. The van der Waals surface area contributed by atoms with E-state index in [-0.39, 0.29) is 11.7 Å². The van der Waals surface area contributed by atoms with Gasteiger partial charge in [-0.25, -0.2) is 0 Å². The molecule has 7 heteroatoms. The van der Waals surface area contributed by atoms with Crippen LogP contribution in [0.15, 0.2) is 35.5 Å². The summed E-state index contributed by atoms with van der Waals surface area (Å²) in [7, 11) is 1.65. The van der Waals surface area contributed by atoms with E-state index in [9.17, 15) is 4.79 Å². The first-order valence-corrected chi connectivity index (χ1v) is 10.8. The number of piperidine rings is 1. The van der Waals surface area contributed by atoms with E-state index in [0.29, 0.717) is 18.2 Å². The van der Waals surface area contributed by atoms with Gasteiger partial charge in [0.15, 0.2) is 5.78 Å². The summed E-state index contributed by atoms with van der Waals surface area (Å²) in [5.74, 6) is 2.55. The summed E-state index contributed by atoms with van der Waals surface area (Å²) in [5, 5.41) is 3.45. The number of benzene rings is 1. The van der Waals surface area contributed by atoms with Crippen LogP contribution in [-0.4, -0.2) is 36.0 Å². The minimum atomic E-state index is -0.259. The zero-order chi connectivity index (χ0) is 20.7. The number of allylic oxidation sites excluding steroid dienone is 2. The number of nitrogen functional groups attached to an aromatic ring is 1. The second kappa shape index (κ2) is 7.63. The fourth-order valence-electron chi connectivity index (χ4n) is 4.84. The topological polar surface area (TPSA) is 93.4 Å². The summed E-state index contributed by atoms with van der Waals surface area (Å²) in [6, 6.07) is 7.85. The molecule has 3 heterocycles. The minimum absolute atomic E-state index is 0.176. The van der Waals surface area contributed by atoms with E-state index < -0.39 is 0 Å². The Morgan fingerprint density at radius 1 is 1.07 bits per heavy atom. The average molecular weight is 406 g/mol. The number of rotatable bonds is 3. The van der Waals surface area contributed by atoms with Gasteiger partial charge in [0.2, 0.25) is 5.95 Å². The Kier molecular flexibility index (Phi) is 4.81. The van der Waals surface area contributed by atoms with Gasteiger partial charge in [0, 0.05) is 42.3 Å². The number of nitrogens with zero attached hydrogens (tertiary/aromatic N) is 3. The van der Waals surface area contributed by atoms with Gasteiger partial charge in [0.1, 0.15) is 17.4 Å². The Morgan fingerprint density at radius 3 is 2.57 bits per heavy atom. The highest BCUT2D eigenvalue weighted by Gasteiger charge is 2.38. The Hall–Kier alpha value is -3.09. The number of methoxy groups -OCH3 is 1. The summed E-state index contributed by atoms with van der Waals surface area (Å²) in [5.41, 5.74) is 10.1. The summed E-state index contributed by atoms with van der Waals surface area (Å²) in [4.78, 5) is 24.7. The molecule has 2 aromatic rings. The molecular formula is C23H27N5O2. The lowest BCUT2D eigenvalue weighted by Crippen LogP contribution is -2.33. The van der Waals surface area contributed by atoms with Gasteiger partial charge in [-0.3, -0.25) is 4.79 Å². The molecule has 0 spiro atoms. The fourth-order valence-corrected chi connectivity index (χ4v) is 4.84. The molecule has 0 saturated carbocycles. The van der Waals surface area contributed by atoms with Crippen LogP contribution in [0.25, 0.3) is 0 Å². The Morgan fingerprint density at radius 2 is 1.83 bits per heavy atom. The van der Waals surface area contributed by atoms with Crippen LogP contribution in [0.4, 0.5) is 17.6 Å². The molecule has 3 aliphatic rings. The molecule has 1 aliphatic carbocycles. The number of ketones is 1. The van der Waals surface area contributed by atoms with Crippen LogP contribution < -0.4 is 20.7 Å². The zero-order valence-corrected chi connectivity index (χ0v) is 17.3. The molecule has 1 fully saturated rings. The number of hydrogen-bond donors (Lipinski definition) is 2. The molecule has 0 radical (unpaired) electrons. The third kappa shape index (κ3) is 3.18. The maximum Gasteiger partial charge on any atom is 0.229 e. The van der Waals surface area contributed by atoms with Gasteiger partial charge in [-0.1, -0.05) is 12.1 Å². The largest absolute Gasteiger partial charge is 0.497 e. The Labute approximate surface area is 176 Å². The lowest BCUT2D eigenvalue weighted by atomic mass is 9.76. The van der Waals surface area contributed by atoms with Crippen molar-refractivity contribution in [3.63, 3.8) is 0 Å². The molecule has 1 aromatic carbocycles. The third-order valence-electron chi connectivity index (χ3n) is 6.35. The van der Waals surface area contributed by atoms with Crippen molar-refractivity contribution in [1.82, 2.24) is 9.97 Å². The van der Waals surface area contributed by atoms with E-state index in [2.05, 4.69) is 15.2 Å². The Balaban J connectivity index is 1.64. The van der Waals surface area contributed by atoms with E-state index in [1.165, 1.54) is 6.42 Å². The van der Waals surface area contributed by atoms with Crippen LogP contribution in [0.3, 0.4) is 0 Å². The van der Waals surface area contributed by atoms with Gasteiger partial charge in [0.05, 0.1) is 7.11 Å². The van der Waals surface area contributed by atoms with Crippen LogP contribution >= 0.6 is 0 Å². The second-order valence-corrected chi connectivity index (χ2v) is 8.22. The monoisotopic (exact) mass is 405 g/mol. The van der Waals surface area contributed by atoms with E-state index in [1.54, 1.807) is 7.11 Å². The fraction of sp³-hybridized carbons (Fsp3) is 0.435. The quantitative estimate of drug-likeness (QED) is 0.805. The summed E-state index contributed by atoms with van der Waals surface area (Å²) in [6.45, 7) is 1.90. The van der Waals surface area contributed by atoms with Crippen molar-refractivity contribution in [2.24, 2.45) is 0 Å². The highest BCUT2D eigenvalue weighted by Crippen LogP contribution is 2.47. The highest BCUT2D eigenvalue weighted by molar-refractivity contribution is 6.01. The first kappa shape index (κ1) is 18.9. The number of ether oxygens (including phenoxy) is 1. The predicted molar refractivity (Wildman–Crippen MR) is 117 cm³/mol. The molecule has 1 unspecified atom stereocenters. The maximum atomic E-state index is 13.0. The molecule has 0 bridgehead atoms. The smallest absolute Gasteiger partial charge is 0.229 e. The highest BCUT2D eigenvalue weighted by atomic mass is 16.5. The molecule has 1 atom stereocenters. The number of aromatic nitrogens is 2. The molecular weight excluding hydrogens is 378 g/mol. The number of Topliss-reactive ketones (excluding diaryl/α,β-unsaturated/α-hetero) is 1. The van der Waals surface area contributed by atoms with E-state index in [1.807, 2.05) is 24.3 Å². The van der Waals surface area contributed by atoms with Crippen molar-refractivity contribution >= 4 is 23.4 Å². The van der Waals surface area contributed by atoms with Crippen LogP contribution in [0.5, 0.6) is 5.75 Å². The van der Waals surface area contributed by atoms with Crippen molar-refractivity contribution in [1.29, 1.82) is 0 Å². The van der Waals surface area contributed by atoms with Crippen LogP contribution in [-0.2, 0) is 4.79 Å². The van der Waals surface area contributed by atoms with Crippen molar-refractivity contribution in [2.45, 2.75) is 44.4 Å². The average Bonchev–Trinajstić information content (AvgIpc) is 2.78. The first-order valence-electron chi connectivity index (χ1n) is 10.8. The van der Waals surface area contributed by atoms with Crippen LogP contribution in [0.1, 0.15) is 55.6 Å². The predicted octanol–water partition coefficient (Wildman–Crippen LogP) is 3.62.